The van der Waals surface area contributed by atoms with Gasteiger partial charge in [0.25, 0.3) is 0 Å². The van der Waals surface area contributed by atoms with Crippen molar-refractivity contribution in [3.63, 3.8) is 0 Å². The van der Waals surface area contributed by atoms with Crippen molar-refractivity contribution in [2.75, 3.05) is 18.0 Å². The first-order valence-electron chi connectivity index (χ1n) is 9.96. The molecule has 0 spiro atoms. The van der Waals surface area contributed by atoms with Gasteiger partial charge in [-0.05, 0) is 29.3 Å². The Labute approximate surface area is 179 Å². The van der Waals surface area contributed by atoms with E-state index in [-0.39, 0.29) is 25.3 Å². The number of benzene rings is 2. The van der Waals surface area contributed by atoms with Crippen molar-refractivity contribution in [1.82, 2.24) is 15.5 Å². The molecule has 31 heavy (non-hydrogen) atoms. The molecule has 2 atom stereocenters. The zero-order chi connectivity index (χ0) is 22.0. The summed E-state index contributed by atoms with van der Waals surface area (Å²) >= 11 is 0. The van der Waals surface area contributed by atoms with E-state index in [2.05, 4.69) is 10.6 Å². The minimum Gasteiger partial charge on any atom is -0.442 e. The van der Waals surface area contributed by atoms with Crippen molar-refractivity contribution in [1.29, 1.82) is 0 Å². The number of carbonyl (C=O) groups is 2. The molecule has 4 N–H and O–H groups in total. The highest BCUT2D eigenvalue weighted by molar-refractivity contribution is 5.90. The number of cyclic esters (lactones) is 1. The molecule has 1 unspecified atom stereocenters. The number of nitrogens with two attached hydrogens (primary N) is 1. The molecule has 2 amide bonds. The maximum atomic E-state index is 14.9. The van der Waals surface area contributed by atoms with Gasteiger partial charge in [0.15, 0.2) is 6.29 Å². The average Bonchev–Trinajstić information content (AvgIpc) is 3.32. The molecule has 0 aromatic heterocycles. The maximum absolute atomic E-state index is 14.9. The number of amides is 2. The highest BCUT2D eigenvalue weighted by Crippen LogP contribution is 2.29. The summed E-state index contributed by atoms with van der Waals surface area (Å²) in [7, 11) is 0. The first-order valence-corrected chi connectivity index (χ1v) is 9.96. The Hall–Kier alpha value is -3.59. The highest BCUT2D eigenvalue weighted by Gasteiger charge is 2.32. The first kappa shape index (κ1) is 20.7. The van der Waals surface area contributed by atoms with E-state index in [1.54, 1.807) is 18.3 Å². The molecule has 1 saturated heterocycles. The Balaban J connectivity index is 1.44. The van der Waals surface area contributed by atoms with Gasteiger partial charge in [0, 0.05) is 31.4 Å². The summed E-state index contributed by atoms with van der Waals surface area (Å²) in [5, 5.41) is 5.62. The van der Waals surface area contributed by atoms with E-state index in [4.69, 9.17) is 10.5 Å². The molecule has 1 fully saturated rings. The number of hydrogen-bond donors (Lipinski definition) is 3. The second-order valence-corrected chi connectivity index (χ2v) is 7.51. The summed E-state index contributed by atoms with van der Waals surface area (Å²) in [6, 6.07) is 12.3. The summed E-state index contributed by atoms with van der Waals surface area (Å²) in [4.78, 5) is 26.5. The molecule has 2 aromatic carbocycles. The number of anilines is 1. The molecule has 0 aliphatic carbocycles. The molecule has 2 aliphatic heterocycles. The summed E-state index contributed by atoms with van der Waals surface area (Å²) in [6.07, 6.45) is 2.41. The maximum Gasteiger partial charge on any atom is 0.414 e. The Kier molecular flexibility index (Phi) is 5.77. The summed E-state index contributed by atoms with van der Waals surface area (Å²) in [6.45, 7) is 2.50. The van der Waals surface area contributed by atoms with Gasteiger partial charge in [-0.1, -0.05) is 24.3 Å². The monoisotopic (exact) mass is 425 g/mol. The summed E-state index contributed by atoms with van der Waals surface area (Å²) in [5.41, 5.74) is 8.57. The van der Waals surface area contributed by atoms with Crippen molar-refractivity contribution in [2.24, 2.45) is 5.73 Å². The van der Waals surface area contributed by atoms with E-state index >= 15 is 0 Å². The zero-order valence-corrected chi connectivity index (χ0v) is 17.0. The Morgan fingerprint density at radius 1 is 1.29 bits per heavy atom. The van der Waals surface area contributed by atoms with Crippen LogP contribution in [0.15, 0.2) is 54.9 Å². The molecule has 0 saturated carbocycles. The number of nitrogens with one attached hydrogen (secondary N) is 2. The summed E-state index contributed by atoms with van der Waals surface area (Å²) in [5.74, 6) is -0.635. The van der Waals surface area contributed by atoms with Crippen LogP contribution < -0.4 is 21.3 Å². The smallest absolute Gasteiger partial charge is 0.414 e. The predicted octanol–water partition coefficient (Wildman–Crippen LogP) is 2.07. The van der Waals surface area contributed by atoms with Crippen molar-refractivity contribution >= 4 is 17.7 Å². The van der Waals surface area contributed by atoms with Gasteiger partial charge in [0.05, 0.1) is 18.8 Å². The van der Waals surface area contributed by atoms with Crippen molar-refractivity contribution < 1.29 is 18.7 Å². The molecule has 4 rings (SSSR count). The van der Waals surface area contributed by atoms with Crippen molar-refractivity contribution in [3.05, 3.63) is 66.2 Å². The lowest BCUT2D eigenvalue weighted by molar-refractivity contribution is -0.119. The molecule has 8 nitrogen and oxygen atoms in total. The largest absolute Gasteiger partial charge is 0.442 e. The molecule has 2 aliphatic rings. The summed E-state index contributed by atoms with van der Waals surface area (Å²) < 4.78 is 20.1. The topological polar surface area (TPSA) is 99.9 Å². The number of ether oxygens (including phenoxy) is 1. The van der Waals surface area contributed by atoms with Crippen molar-refractivity contribution in [3.8, 4) is 11.1 Å². The first-order chi connectivity index (χ1) is 14.9. The van der Waals surface area contributed by atoms with Crippen LogP contribution in [-0.4, -0.2) is 42.4 Å². The van der Waals surface area contributed by atoms with E-state index in [1.807, 2.05) is 35.4 Å². The standard InChI is InChI=1S/C22H24FN5O3/c1-14(29)26-11-18-13-28(22(30)31-18)17-6-7-19(20(23)10-17)16-4-2-15(3-5-16)12-27-9-8-25-21(27)24/h2-10,18,21,25H,11-13,24H2,1H3,(H,26,29)/t18-,21?/m0/s1. The fourth-order valence-corrected chi connectivity index (χ4v) is 3.58. The van der Waals surface area contributed by atoms with Crippen LogP contribution in [0.4, 0.5) is 14.9 Å². The molecule has 2 heterocycles. The van der Waals surface area contributed by atoms with E-state index in [9.17, 15) is 14.0 Å². The molecule has 0 radical (unpaired) electrons. The quantitative estimate of drug-likeness (QED) is 0.655. The van der Waals surface area contributed by atoms with Crippen LogP contribution in [-0.2, 0) is 16.1 Å². The molecule has 9 heteroatoms. The van der Waals surface area contributed by atoms with Crippen LogP contribution in [0.2, 0.25) is 0 Å². The average molecular weight is 425 g/mol. The Morgan fingerprint density at radius 3 is 2.71 bits per heavy atom. The third-order valence-corrected chi connectivity index (χ3v) is 5.24. The second-order valence-electron chi connectivity index (χ2n) is 7.51. The van der Waals surface area contributed by atoms with Crippen LogP contribution in [0.25, 0.3) is 11.1 Å². The lowest BCUT2D eigenvalue weighted by Gasteiger charge is -2.21. The van der Waals surface area contributed by atoms with Gasteiger partial charge >= 0.3 is 6.09 Å². The molecule has 162 valence electrons. The lowest BCUT2D eigenvalue weighted by Crippen LogP contribution is -2.42. The van der Waals surface area contributed by atoms with Crippen LogP contribution in [0.1, 0.15) is 12.5 Å². The fourth-order valence-electron chi connectivity index (χ4n) is 3.58. The van der Waals surface area contributed by atoms with Crippen molar-refractivity contribution in [2.45, 2.75) is 25.9 Å². The van der Waals surface area contributed by atoms with Gasteiger partial charge in [-0.15, -0.1) is 0 Å². The number of halogens is 1. The van der Waals surface area contributed by atoms with Crippen LogP contribution in [0.3, 0.4) is 0 Å². The van der Waals surface area contributed by atoms with Gasteiger partial charge in [0.1, 0.15) is 11.9 Å². The van der Waals surface area contributed by atoms with Crippen LogP contribution >= 0.6 is 0 Å². The highest BCUT2D eigenvalue weighted by atomic mass is 19.1. The second kappa shape index (κ2) is 8.65. The van der Waals surface area contributed by atoms with Gasteiger partial charge in [-0.2, -0.15) is 0 Å². The van der Waals surface area contributed by atoms with Crippen LogP contribution in [0, 0.1) is 5.82 Å². The fraction of sp³-hybridized carbons (Fsp3) is 0.273. The molecule has 0 bridgehead atoms. The van der Waals surface area contributed by atoms with E-state index < -0.39 is 18.0 Å². The number of hydrogen-bond acceptors (Lipinski definition) is 6. The third kappa shape index (κ3) is 4.61. The van der Waals surface area contributed by atoms with Gasteiger partial charge < -0.3 is 20.3 Å². The lowest BCUT2D eigenvalue weighted by atomic mass is 10.0. The van der Waals surface area contributed by atoms with Gasteiger partial charge in [0.2, 0.25) is 5.91 Å². The van der Waals surface area contributed by atoms with E-state index in [0.29, 0.717) is 17.8 Å². The number of nitrogens with zero attached hydrogens (tertiary/aromatic N) is 2. The zero-order valence-electron chi connectivity index (χ0n) is 17.0. The molecular formula is C22H24FN5O3. The predicted molar refractivity (Wildman–Crippen MR) is 114 cm³/mol. The normalized spacial score (nSPS) is 20.0. The minimum absolute atomic E-state index is 0.202. The Morgan fingerprint density at radius 2 is 2.06 bits per heavy atom. The number of rotatable bonds is 6. The van der Waals surface area contributed by atoms with Gasteiger partial charge in [-0.25, -0.2) is 9.18 Å². The minimum atomic E-state index is -0.560. The number of carbonyl (C=O) groups excluding carboxylic acids is 2. The third-order valence-electron chi connectivity index (χ3n) is 5.24. The SMILES string of the molecule is CC(=O)NC[C@H]1CN(c2ccc(-c3ccc(CN4C=CNC4N)cc3)c(F)c2)C(=O)O1. The van der Waals surface area contributed by atoms with E-state index in [0.717, 1.165) is 11.1 Å². The van der Waals surface area contributed by atoms with E-state index in [1.165, 1.54) is 17.9 Å². The van der Waals surface area contributed by atoms with Gasteiger partial charge in [-0.3, -0.25) is 15.4 Å². The molecule has 2 aromatic rings. The molecular weight excluding hydrogens is 401 g/mol. The Bertz CT molecular complexity index is 1010. The van der Waals surface area contributed by atoms with Crippen LogP contribution in [0.5, 0.6) is 0 Å².